The normalized spacial score (nSPS) is 12.3. The summed E-state index contributed by atoms with van der Waals surface area (Å²) in [7, 11) is 0. The van der Waals surface area contributed by atoms with E-state index < -0.39 is 0 Å². The van der Waals surface area contributed by atoms with Gasteiger partial charge in [0.05, 0.1) is 6.61 Å². The molecule has 5 nitrogen and oxygen atoms in total. The summed E-state index contributed by atoms with van der Waals surface area (Å²) < 4.78 is 11.4. The van der Waals surface area contributed by atoms with Crippen LogP contribution in [0.15, 0.2) is 48.5 Å². The summed E-state index contributed by atoms with van der Waals surface area (Å²) in [6.45, 7) is 11.1. The average Bonchev–Trinajstić information content (AvgIpc) is 2.65. The van der Waals surface area contributed by atoms with Gasteiger partial charge in [-0.3, -0.25) is 4.79 Å². The van der Waals surface area contributed by atoms with Gasteiger partial charge in [0.25, 0.3) is 5.91 Å². The molecule has 0 saturated heterocycles. The Morgan fingerprint density at radius 2 is 1.75 bits per heavy atom. The predicted molar refractivity (Wildman–Crippen MR) is 113 cm³/mol. The summed E-state index contributed by atoms with van der Waals surface area (Å²) in [4.78, 5) is 12.0. The summed E-state index contributed by atoms with van der Waals surface area (Å²) in [6.07, 6.45) is 0. The third kappa shape index (κ3) is 7.24. The zero-order chi connectivity index (χ0) is 20.6. The minimum Gasteiger partial charge on any atom is -0.490 e. The molecule has 1 atom stereocenters. The maximum absolute atomic E-state index is 12.0. The molecule has 0 radical (unpaired) electrons. The highest BCUT2D eigenvalue weighted by Crippen LogP contribution is 2.29. The van der Waals surface area contributed by atoms with E-state index >= 15 is 0 Å². The van der Waals surface area contributed by atoms with E-state index in [1.54, 1.807) is 0 Å². The highest BCUT2D eigenvalue weighted by molar-refractivity contribution is 5.78. The van der Waals surface area contributed by atoms with Gasteiger partial charge in [-0.1, -0.05) is 36.4 Å². The summed E-state index contributed by atoms with van der Waals surface area (Å²) in [5, 5.41) is 6.41. The first kappa shape index (κ1) is 21.8. The summed E-state index contributed by atoms with van der Waals surface area (Å²) in [6, 6.07) is 16.4. The van der Waals surface area contributed by atoms with Crippen molar-refractivity contribution < 1.29 is 14.3 Å². The maximum Gasteiger partial charge on any atom is 0.258 e. The molecule has 0 saturated carbocycles. The summed E-state index contributed by atoms with van der Waals surface area (Å²) >= 11 is 0. The molecule has 0 aliphatic heterocycles. The van der Waals surface area contributed by atoms with Crippen molar-refractivity contribution in [3.8, 4) is 11.5 Å². The molecule has 0 aliphatic carbocycles. The fourth-order valence-corrected chi connectivity index (χ4v) is 2.78. The number of benzene rings is 2. The summed E-state index contributed by atoms with van der Waals surface area (Å²) in [5.41, 5.74) is 2.06. The molecule has 2 N–H and O–H groups in total. The topological polar surface area (TPSA) is 59.6 Å². The Bertz CT molecular complexity index is 754. The number of hydrogen-bond acceptors (Lipinski definition) is 4. The van der Waals surface area contributed by atoms with E-state index in [0.717, 1.165) is 5.56 Å². The minimum absolute atomic E-state index is 0.0417. The third-order valence-corrected chi connectivity index (χ3v) is 4.09. The number of hydrogen-bond donors (Lipinski definition) is 2. The number of nitrogens with one attached hydrogen (secondary N) is 2. The van der Waals surface area contributed by atoms with Crippen molar-refractivity contribution in [2.75, 3.05) is 13.2 Å². The van der Waals surface area contributed by atoms with E-state index in [2.05, 4.69) is 29.7 Å². The molecule has 0 aliphatic rings. The minimum atomic E-state index is -0.284. The molecule has 0 aromatic heterocycles. The van der Waals surface area contributed by atoms with Crippen molar-refractivity contribution in [1.29, 1.82) is 0 Å². The van der Waals surface area contributed by atoms with Gasteiger partial charge < -0.3 is 20.1 Å². The molecule has 5 heteroatoms. The van der Waals surface area contributed by atoms with Crippen LogP contribution in [-0.4, -0.2) is 24.7 Å². The second-order valence-electron chi connectivity index (χ2n) is 7.81. The molecule has 0 heterocycles. The monoisotopic (exact) mass is 384 g/mol. The second-order valence-corrected chi connectivity index (χ2v) is 7.81. The molecule has 0 unspecified atom stereocenters. The van der Waals surface area contributed by atoms with Crippen LogP contribution in [0.5, 0.6) is 11.5 Å². The molecular weight excluding hydrogens is 352 g/mol. The average molecular weight is 385 g/mol. The highest BCUT2D eigenvalue weighted by Gasteiger charge is 2.15. The molecule has 1 amide bonds. The molecule has 0 spiro atoms. The smallest absolute Gasteiger partial charge is 0.258 e. The lowest BCUT2D eigenvalue weighted by Crippen LogP contribution is -2.43. The van der Waals surface area contributed by atoms with Crippen LogP contribution >= 0.6 is 0 Å². The van der Waals surface area contributed by atoms with Crippen molar-refractivity contribution in [3.05, 3.63) is 59.7 Å². The first-order valence-electron chi connectivity index (χ1n) is 9.76. The third-order valence-electron chi connectivity index (χ3n) is 4.09. The molecule has 0 fully saturated rings. The Morgan fingerprint density at radius 3 is 2.39 bits per heavy atom. The van der Waals surface area contributed by atoms with E-state index in [-0.39, 0.29) is 24.1 Å². The van der Waals surface area contributed by atoms with E-state index in [1.165, 1.54) is 5.56 Å². The van der Waals surface area contributed by atoms with E-state index in [4.69, 9.17) is 9.47 Å². The summed E-state index contributed by atoms with van der Waals surface area (Å²) in [5.74, 6) is 1.07. The maximum atomic E-state index is 12.0. The van der Waals surface area contributed by atoms with Gasteiger partial charge >= 0.3 is 0 Å². The van der Waals surface area contributed by atoms with Crippen molar-refractivity contribution in [1.82, 2.24) is 10.6 Å². The fourth-order valence-electron chi connectivity index (χ4n) is 2.78. The molecule has 2 rings (SSSR count). The number of rotatable bonds is 9. The van der Waals surface area contributed by atoms with Crippen LogP contribution in [0.3, 0.4) is 0 Å². The highest BCUT2D eigenvalue weighted by atomic mass is 16.5. The van der Waals surface area contributed by atoms with Crippen LogP contribution in [0.1, 0.15) is 51.8 Å². The first-order chi connectivity index (χ1) is 13.3. The van der Waals surface area contributed by atoms with Crippen molar-refractivity contribution in [2.45, 2.75) is 52.7 Å². The largest absolute Gasteiger partial charge is 0.490 e. The SMILES string of the molecule is CCOc1cc(CN[C@H](C)c2ccccc2)ccc1OCC(=O)NC(C)(C)C. The quantitative estimate of drug-likeness (QED) is 0.679. The Kier molecular flexibility index (Phi) is 7.88. The van der Waals surface area contributed by atoms with Crippen molar-refractivity contribution >= 4 is 5.91 Å². The van der Waals surface area contributed by atoms with Crippen LogP contribution < -0.4 is 20.1 Å². The van der Waals surface area contributed by atoms with Gasteiger partial charge in [0.1, 0.15) is 0 Å². The van der Waals surface area contributed by atoms with Gasteiger partial charge in [0.15, 0.2) is 18.1 Å². The molecule has 28 heavy (non-hydrogen) atoms. The Labute approximate surface area is 168 Å². The zero-order valence-corrected chi connectivity index (χ0v) is 17.5. The second kappa shape index (κ2) is 10.1. The lowest BCUT2D eigenvalue weighted by Gasteiger charge is -2.21. The van der Waals surface area contributed by atoms with Gasteiger partial charge in [0, 0.05) is 18.1 Å². The van der Waals surface area contributed by atoms with Crippen molar-refractivity contribution in [2.24, 2.45) is 0 Å². The Hall–Kier alpha value is -2.53. The van der Waals surface area contributed by atoms with Crippen LogP contribution in [0, 0.1) is 0 Å². The van der Waals surface area contributed by atoms with Crippen molar-refractivity contribution in [3.63, 3.8) is 0 Å². The van der Waals surface area contributed by atoms with E-state index in [0.29, 0.717) is 24.7 Å². The van der Waals surface area contributed by atoms with Gasteiger partial charge in [0.2, 0.25) is 0 Å². The number of amides is 1. The fraction of sp³-hybridized carbons (Fsp3) is 0.435. The molecule has 2 aromatic rings. The number of carbonyl (C=O) groups is 1. The molecule has 2 aromatic carbocycles. The van der Waals surface area contributed by atoms with Gasteiger partial charge in [-0.05, 0) is 57.9 Å². The van der Waals surface area contributed by atoms with E-state index in [1.807, 2.05) is 64.1 Å². The molecular formula is C23H32N2O3. The number of ether oxygens (including phenoxy) is 2. The number of carbonyl (C=O) groups excluding carboxylic acids is 1. The molecule has 0 bridgehead atoms. The Morgan fingerprint density at radius 1 is 1.04 bits per heavy atom. The van der Waals surface area contributed by atoms with Gasteiger partial charge in [-0.15, -0.1) is 0 Å². The van der Waals surface area contributed by atoms with Crippen LogP contribution in [0.4, 0.5) is 0 Å². The van der Waals surface area contributed by atoms with Gasteiger partial charge in [-0.25, -0.2) is 0 Å². The first-order valence-corrected chi connectivity index (χ1v) is 9.76. The zero-order valence-electron chi connectivity index (χ0n) is 17.5. The molecule has 152 valence electrons. The lowest BCUT2D eigenvalue weighted by molar-refractivity contribution is -0.124. The predicted octanol–water partition coefficient (Wildman–Crippen LogP) is 4.23. The Balaban J connectivity index is 1.98. The standard InChI is InChI=1S/C23H32N2O3/c1-6-27-21-14-18(15-24-17(2)19-10-8-7-9-11-19)12-13-20(21)28-16-22(26)25-23(3,4)5/h7-14,17,24H,6,15-16H2,1-5H3,(H,25,26)/t17-/m1/s1. The van der Waals surface area contributed by atoms with Crippen LogP contribution in [0.25, 0.3) is 0 Å². The van der Waals surface area contributed by atoms with Crippen LogP contribution in [-0.2, 0) is 11.3 Å². The van der Waals surface area contributed by atoms with Crippen LogP contribution in [0.2, 0.25) is 0 Å². The van der Waals surface area contributed by atoms with Gasteiger partial charge in [-0.2, -0.15) is 0 Å². The van der Waals surface area contributed by atoms with E-state index in [9.17, 15) is 4.79 Å². The lowest BCUT2D eigenvalue weighted by atomic mass is 10.1.